The lowest BCUT2D eigenvalue weighted by atomic mass is 10.0. The third kappa shape index (κ3) is 3.47. The van der Waals surface area contributed by atoms with Crippen LogP contribution in [0.15, 0.2) is 36.8 Å². The lowest BCUT2D eigenvalue weighted by Crippen LogP contribution is -2.27. The first kappa shape index (κ1) is 18.9. The van der Waals surface area contributed by atoms with Crippen LogP contribution in [0.3, 0.4) is 0 Å². The average molecular weight is 407 g/mol. The Morgan fingerprint density at radius 1 is 1.23 bits per heavy atom. The third-order valence-electron chi connectivity index (χ3n) is 5.52. The first-order valence-electron chi connectivity index (χ1n) is 10.3. The number of rotatable bonds is 3. The molecular formula is C22H25N5O3. The Kier molecular flexibility index (Phi) is 4.58. The molecule has 1 fully saturated rings. The highest BCUT2D eigenvalue weighted by Crippen LogP contribution is 2.42. The van der Waals surface area contributed by atoms with Crippen LogP contribution in [0.4, 0.5) is 11.4 Å². The molecule has 0 radical (unpaired) electrons. The van der Waals surface area contributed by atoms with E-state index in [1.807, 2.05) is 6.07 Å². The van der Waals surface area contributed by atoms with E-state index >= 15 is 0 Å². The fourth-order valence-electron chi connectivity index (χ4n) is 4.17. The molecule has 2 aliphatic heterocycles. The quantitative estimate of drug-likeness (QED) is 0.719. The Hall–Kier alpha value is -3.13. The van der Waals surface area contributed by atoms with Gasteiger partial charge in [-0.25, -0.2) is 9.50 Å². The number of fused-ring (bicyclic) bond motifs is 2. The fraction of sp³-hybridized carbons (Fsp3) is 0.409. The molecule has 8 nitrogen and oxygen atoms in total. The van der Waals surface area contributed by atoms with E-state index in [-0.39, 0.29) is 11.5 Å². The van der Waals surface area contributed by atoms with Crippen molar-refractivity contribution in [3.63, 3.8) is 0 Å². The molecule has 0 spiro atoms. The van der Waals surface area contributed by atoms with Gasteiger partial charge in [-0.2, -0.15) is 5.10 Å². The van der Waals surface area contributed by atoms with E-state index in [4.69, 9.17) is 9.47 Å². The topological polar surface area (TPSA) is 81.0 Å². The molecule has 0 aliphatic carbocycles. The van der Waals surface area contributed by atoms with Crippen molar-refractivity contribution < 1.29 is 14.3 Å². The molecule has 30 heavy (non-hydrogen) atoms. The van der Waals surface area contributed by atoms with Gasteiger partial charge in [0, 0.05) is 50.1 Å². The first-order valence-corrected chi connectivity index (χ1v) is 10.3. The van der Waals surface area contributed by atoms with Gasteiger partial charge in [-0.05, 0) is 32.4 Å². The summed E-state index contributed by atoms with van der Waals surface area (Å²) in [6.07, 6.45) is 6.72. The number of nitrogens with zero attached hydrogens (tertiary/aromatic N) is 4. The van der Waals surface area contributed by atoms with E-state index in [0.717, 1.165) is 55.2 Å². The SMILES string of the molecule is CC1(C)Cc2cc(NC(=O)c3cnn4cccnc34)c(N3CCCOCC3)cc2O1. The third-order valence-corrected chi connectivity index (χ3v) is 5.52. The molecule has 2 aliphatic rings. The maximum atomic E-state index is 13.1. The van der Waals surface area contributed by atoms with E-state index in [1.54, 1.807) is 29.2 Å². The van der Waals surface area contributed by atoms with Crippen molar-refractivity contribution in [2.45, 2.75) is 32.3 Å². The highest BCUT2D eigenvalue weighted by atomic mass is 16.5. The summed E-state index contributed by atoms with van der Waals surface area (Å²) in [5, 5.41) is 7.34. The van der Waals surface area contributed by atoms with Gasteiger partial charge >= 0.3 is 0 Å². The molecule has 4 heterocycles. The van der Waals surface area contributed by atoms with Crippen LogP contribution in [0.25, 0.3) is 5.65 Å². The van der Waals surface area contributed by atoms with Gasteiger partial charge in [0.25, 0.3) is 5.91 Å². The summed E-state index contributed by atoms with van der Waals surface area (Å²) in [4.78, 5) is 19.7. The Balaban J connectivity index is 1.52. The second-order valence-corrected chi connectivity index (χ2v) is 8.37. The van der Waals surface area contributed by atoms with Crippen LogP contribution in [0.1, 0.15) is 36.2 Å². The highest BCUT2D eigenvalue weighted by Gasteiger charge is 2.32. The van der Waals surface area contributed by atoms with Crippen molar-refractivity contribution in [2.24, 2.45) is 0 Å². The summed E-state index contributed by atoms with van der Waals surface area (Å²) in [6.45, 7) is 7.20. The predicted octanol–water partition coefficient (Wildman–Crippen LogP) is 2.92. The van der Waals surface area contributed by atoms with Gasteiger partial charge in [0.1, 0.15) is 16.9 Å². The zero-order valence-corrected chi connectivity index (χ0v) is 17.2. The van der Waals surface area contributed by atoms with E-state index in [1.165, 1.54) is 0 Å². The van der Waals surface area contributed by atoms with E-state index in [9.17, 15) is 4.79 Å². The molecule has 1 aromatic carbocycles. The van der Waals surface area contributed by atoms with Crippen LogP contribution in [-0.2, 0) is 11.2 Å². The summed E-state index contributed by atoms with van der Waals surface area (Å²) in [5.41, 5.74) is 3.55. The van der Waals surface area contributed by atoms with Gasteiger partial charge in [-0.1, -0.05) is 0 Å². The van der Waals surface area contributed by atoms with Crippen LogP contribution < -0.4 is 15.0 Å². The molecule has 1 saturated heterocycles. The maximum Gasteiger partial charge on any atom is 0.261 e. The lowest BCUT2D eigenvalue weighted by Gasteiger charge is -2.26. The van der Waals surface area contributed by atoms with Crippen molar-refractivity contribution in [1.29, 1.82) is 0 Å². The molecule has 3 aromatic rings. The Morgan fingerprint density at radius 2 is 2.13 bits per heavy atom. The number of nitrogens with one attached hydrogen (secondary N) is 1. The number of ether oxygens (including phenoxy) is 2. The van der Waals surface area contributed by atoms with Crippen molar-refractivity contribution in [1.82, 2.24) is 14.6 Å². The van der Waals surface area contributed by atoms with Gasteiger partial charge in [-0.3, -0.25) is 4.79 Å². The first-order chi connectivity index (χ1) is 14.5. The molecule has 5 rings (SSSR count). The molecular weight excluding hydrogens is 382 g/mol. The van der Waals surface area contributed by atoms with Gasteiger partial charge in [0.15, 0.2) is 5.65 Å². The second-order valence-electron chi connectivity index (χ2n) is 8.37. The number of carbonyl (C=O) groups is 1. The number of benzene rings is 1. The van der Waals surface area contributed by atoms with Crippen LogP contribution >= 0.6 is 0 Å². The molecule has 0 saturated carbocycles. The van der Waals surface area contributed by atoms with Crippen molar-refractivity contribution >= 4 is 22.9 Å². The zero-order chi connectivity index (χ0) is 20.7. The minimum atomic E-state index is -0.253. The van der Waals surface area contributed by atoms with Crippen molar-refractivity contribution in [2.75, 3.05) is 36.5 Å². The fourth-order valence-corrected chi connectivity index (χ4v) is 4.17. The van der Waals surface area contributed by atoms with E-state index in [0.29, 0.717) is 17.8 Å². The monoisotopic (exact) mass is 407 g/mol. The predicted molar refractivity (Wildman–Crippen MR) is 113 cm³/mol. The Morgan fingerprint density at radius 3 is 3.03 bits per heavy atom. The Labute approximate surface area is 174 Å². The van der Waals surface area contributed by atoms with Crippen LogP contribution in [0, 0.1) is 0 Å². The van der Waals surface area contributed by atoms with Crippen molar-refractivity contribution in [3.8, 4) is 5.75 Å². The summed E-state index contributed by atoms with van der Waals surface area (Å²) in [6, 6.07) is 5.88. The van der Waals surface area contributed by atoms with Gasteiger partial charge < -0.3 is 19.7 Å². The molecule has 0 unspecified atom stereocenters. The standard InChI is InChI=1S/C22H25N5O3/c1-22(2)13-15-11-17(18(12-19(15)30-22)26-6-4-9-29-10-8-26)25-21(28)16-14-24-27-7-3-5-23-20(16)27/h3,5,7,11-12,14H,4,6,8-10,13H2,1-2H3,(H,25,28). The van der Waals surface area contributed by atoms with E-state index in [2.05, 4.69) is 40.2 Å². The molecule has 1 amide bonds. The van der Waals surface area contributed by atoms with Crippen LogP contribution in [0.5, 0.6) is 5.75 Å². The number of hydrogen-bond acceptors (Lipinski definition) is 6. The highest BCUT2D eigenvalue weighted by molar-refractivity contribution is 6.09. The molecule has 156 valence electrons. The maximum absolute atomic E-state index is 13.1. The van der Waals surface area contributed by atoms with Gasteiger partial charge in [0.2, 0.25) is 0 Å². The Bertz CT molecular complexity index is 1100. The van der Waals surface area contributed by atoms with Gasteiger partial charge in [0.05, 0.1) is 24.2 Å². The minimum Gasteiger partial charge on any atom is -0.487 e. The normalized spacial score (nSPS) is 18.0. The number of carbonyl (C=O) groups excluding carboxylic acids is 1. The van der Waals surface area contributed by atoms with Gasteiger partial charge in [-0.15, -0.1) is 0 Å². The molecule has 2 aromatic heterocycles. The second kappa shape index (κ2) is 7.28. The van der Waals surface area contributed by atoms with E-state index < -0.39 is 0 Å². The van der Waals surface area contributed by atoms with Crippen molar-refractivity contribution in [3.05, 3.63) is 47.9 Å². The lowest BCUT2D eigenvalue weighted by molar-refractivity contribution is 0.102. The smallest absolute Gasteiger partial charge is 0.261 e. The van der Waals surface area contributed by atoms with Crippen LogP contribution in [-0.4, -0.2) is 52.4 Å². The molecule has 0 atom stereocenters. The molecule has 1 N–H and O–H groups in total. The summed E-state index contributed by atoms with van der Waals surface area (Å²) in [5.74, 6) is 0.657. The molecule has 8 heteroatoms. The average Bonchev–Trinajstić information content (AvgIpc) is 3.15. The number of aromatic nitrogens is 3. The minimum absolute atomic E-state index is 0.228. The van der Waals surface area contributed by atoms with Crippen LogP contribution in [0.2, 0.25) is 0 Å². The largest absolute Gasteiger partial charge is 0.487 e. The summed E-state index contributed by atoms with van der Waals surface area (Å²) in [7, 11) is 0. The summed E-state index contributed by atoms with van der Waals surface area (Å²) >= 11 is 0. The molecule has 0 bridgehead atoms. The number of anilines is 2. The zero-order valence-electron chi connectivity index (χ0n) is 17.2. The number of hydrogen-bond donors (Lipinski definition) is 1. The number of amides is 1. The summed E-state index contributed by atoms with van der Waals surface area (Å²) < 4.78 is 13.4.